The lowest BCUT2D eigenvalue weighted by Crippen LogP contribution is -2.46. The van der Waals surface area contributed by atoms with Crippen molar-refractivity contribution < 1.29 is 0 Å². The Labute approximate surface area is 202 Å². The molecule has 166 valence electrons. The van der Waals surface area contributed by atoms with E-state index in [-0.39, 0.29) is 29.4 Å². The lowest BCUT2D eigenvalue weighted by atomic mass is 9.91. The summed E-state index contributed by atoms with van der Waals surface area (Å²) in [5.74, 6) is 1.89. The number of aromatic nitrogens is 1. The average Bonchev–Trinajstić information content (AvgIpc) is 3.30. The van der Waals surface area contributed by atoms with Crippen LogP contribution in [0, 0.1) is 0 Å². The largest absolute Gasteiger partial charge is 0.356 e. The van der Waals surface area contributed by atoms with Crippen molar-refractivity contribution in [1.82, 2.24) is 20.5 Å². The molecule has 2 aromatic rings. The first kappa shape index (κ1) is 24.9. The summed E-state index contributed by atoms with van der Waals surface area (Å²) < 4.78 is 0. The summed E-state index contributed by atoms with van der Waals surface area (Å²) in [6, 6.07) is 8.57. The summed E-state index contributed by atoms with van der Waals surface area (Å²) in [5.41, 5.74) is 1.28. The molecular weight excluding hydrogens is 507 g/mol. The predicted molar refractivity (Wildman–Crippen MR) is 140 cm³/mol. The highest BCUT2D eigenvalue weighted by molar-refractivity contribution is 14.0. The van der Waals surface area contributed by atoms with Crippen LogP contribution in [-0.4, -0.2) is 62.2 Å². The minimum absolute atomic E-state index is 0. The van der Waals surface area contributed by atoms with Gasteiger partial charge in [0.2, 0.25) is 0 Å². The molecule has 0 unspecified atom stereocenters. The lowest BCUT2D eigenvalue weighted by Gasteiger charge is -2.34. The summed E-state index contributed by atoms with van der Waals surface area (Å²) in [7, 11) is 1.82. The van der Waals surface area contributed by atoms with Crippen molar-refractivity contribution >= 4 is 47.1 Å². The summed E-state index contributed by atoms with van der Waals surface area (Å²) >= 11 is 1.80. The molecule has 1 fully saturated rings. The second-order valence-electron chi connectivity index (χ2n) is 8.08. The van der Waals surface area contributed by atoms with Crippen molar-refractivity contribution in [3.05, 3.63) is 46.3 Å². The highest BCUT2D eigenvalue weighted by atomic mass is 127. The Hall–Kier alpha value is -1.39. The number of guanidine groups is 1. The van der Waals surface area contributed by atoms with Crippen LogP contribution in [-0.2, 0) is 12.0 Å². The minimum Gasteiger partial charge on any atom is -0.356 e. The van der Waals surface area contributed by atoms with E-state index in [9.17, 15) is 0 Å². The lowest BCUT2D eigenvalue weighted by molar-refractivity contribution is 0.270. The molecule has 6 nitrogen and oxygen atoms in total. The van der Waals surface area contributed by atoms with Crippen molar-refractivity contribution in [1.29, 1.82) is 0 Å². The van der Waals surface area contributed by atoms with Crippen molar-refractivity contribution in [3.63, 3.8) is 0 Å². The molecule has 8 heteroatoms. The molecule has 0 bridgehead atoms. The van der Waals surface area contributed by atoms with Crippen molar-refractivity contribution in [2.24, 2.45) is 4.99 Å². The van der Waals surface area contributed by atoms with Gasteiger partial charge in [-0.15, -0.1) is 35.3 Å². The van der Waals surface area contributed by atoms with Crippen molar-refractivity contribution in [2.75, 3.05) is 51.2 Å². The number of nitrogens with one attached hydrogen (secondary N) is 2. The fraction of sp³-hybridized carbons (Fsp3) is 0.545. The zero-order valence-electron chi connectivity index (χ0n) is 18.5. The Morgan fingerprint density at radius 3 is 2.60 bits per heavy atom. The number of pyridine rings is 1. The maximum Gasteiger partial charge on any atom is 0.191 e. The molecule has 1 aliphatic heterocycles. The van der Waals surface area contributed by atoms with Crippen LogP contribution in [0.1, 0.15) is 31.2 Å². The molecule has 3 rings (SSSR count). The molecule has 2 aromatic heterocycles. The normalized spacial score (nSPS) is 15.6. The molecule has 1 aliphatic rings. The van der Waals surface area contributed by atoms with E-state index < -0.39 is 0 Å². The van der Waals surface area contributed by atoms with Crippen LogP contribution in [0.15, 0.2) is 40.8 Å². The van der Waals surface area contributed by atoms with E-state index in [1.807, 2.05) is 13.2 Å². The molecule has 30 heavy (non-hydrogen) atoms. The van der Waals surface area contributed by atoms with Gasteiger partial charge >= 0.3 is 0 Å². The van der Waals surface area contributed by atoms with Gasteiger partial charge in [0.15, 0.2) is 5.96 Å². The number of hydrogen-bond acceptors (Lipinski definition) is 5. The number of hydrogen-bond donors (Lipinski definition) is 2. The molecule has 0 spiro atoms. The Bertz CT molecular complexity index is 785. The third-order valence-electron chi connectivity index (χ3n) is 5.52. The average molecular weight is 543 g/mol. The standard InChI is InChI=1S/C22H34N6S.HI/c1-5-27-10-12-28(13-11-27)20-15-18(8-9-24-20)16-25-21(23-4)26-17-22(2,3)19-7-6-14-29-19;/h6-9,14-15H,5,10-13,16-17H2,1-4H3,(H2,23,25,26);1H. The molecule has 1 saturated heterocycles. The number of likely N-dealkylation sites (N-methyl/N-ethyl adjacent to an activating group) is 1. The molecule has 0 saturated carbocycles. The first-order valence-electron chi connectivity index (χ1n) is 10.4. The van der Waals surface area contributed by atoms with Gasteiger partial charge < -0.3 is 20.4 Å². The van der Waals surface area contributed by atoms with E-state index in [1.54, 1.807) is 11.3 Å². The summed E-state index contributed by atoms with van der Waals surface area (Å²) in [6.07, 6.45) is 1.91. The highest BCUT2D eigenvalue weighted by Crippen LogP contribution is 2.26. The number of thiophene rings is 1. The minimum atomic E-state index is 0. The van der Waals surface area contributed by atoms with Crippen LogP contribution in [0.2, 0.25) is 0 Å². The first-order valence-corrected chi connectivity index (χ1v) is 11.3. The van der Waals surface area contributed by atoms with Gasteiger partial charge in [-0.3, -0.25) is 4.99 Å². The van der Waals surface area contributed by atoms with Gasteiger partial charge in [0.05, 0.1) is 0 Å². The van der Waals surface area contributed by atoms with Crippen LogP contribution in [0.4, 0.5) is 5.82 Å². The molecule has 0 amide bonds. The smallest absolute Gasteiger partial charge is 0.191 e. The summed E-state index contributed by atoms with van der Waals surface area (Å²) in [4.78, 5) is 15.2. The van der Waals surface area contributed by atoms with Gasteiger partial charge in [0.1, 0.15) is 5.82 Å². The number of piperazine rings is 1. The van der Waals surface area contributed by atoms with E-state index in [2.05, 4.69) is 80.8 Å². The van der Waals surface area contributed by atoms with Crippen LogP contribution in [0.3, 0.4) is 0 Å². The van der Waals surface area contributed by atoms with Gasteiger partial charge in [0.25, 0.3) is 0 Å². The van der Waals surface area contributed by atoms with E-state index in [0.717, 1.165) is 57.6 Å². The highest BCUT2D eigenvalue weighted by Gasteiger charge is 2.22. The van der Waals surface area contributed by atoms with Crippen LogP contribution in [0.5, 0.6) is 0 Å². The maximum atomic E-state index is 4.59. The second kappa shape index (κ2) is 11.9. The predicted octanol–water partition coefficient (Wildman–Crippen LogP) is 3.55. The molecule has 0 radical (unpaired) electrons. The van der Waals surface area contributed by atoms with Crippen molar-refractivity contribution in [3.8, 4) is 0 Å². The Morgan fingerprint density at radius 1 is 1.20 bits per heavy atom. The van der Waals surface area contributed by atoms with E-state index in [0.29, 0.717) is 0 Å². The fourth-order valence-corrected chi connectivity index (χ4v) is 4.35. The molecule has 3 heterocycles. The third-order valence-corrected chi connectivity index (χ3v) is 6.76. The number of anilines is 1. The van der Waals surface area contributed by atoms with E-state index in [4.69, 9.17) is 0 Å². The van der Waals surface area contributed by atoms with Crippen LogP contribution < -0.4 is 15.5 Å². The van der Waals surface area contributed by atoms with Gasteiger partial charge in [-0.2, -0.15) is 0 Å². The first-order chi connectivity index (χ1) is 14.0. The molecule has 0 aromatic carbocycles. The molecular formula is C22H35IN6S. The quantitative estimate of drug-likeness (QED) is 0.319. The molecule has 2 N–H and O–H groups in total. The fourth-order valence-electron chi connectivity index (χ4n) is 3.50. The van der Waals surface area contributed by atoms with Crippen LogP contribution in [0.25, 0.3) is 0 Å². The van der Waals surface area contributed by atoms with Crippen LogP contribution >= 0.6 is 35.3 Å². The number of nitrogens with zero attached hydrogens (tertiary/aromatic N) is 4. The number of halogens is 1. The Kier molecular flexibility index (Phi) is 9.83. The van der Waals surface area contributed by atoms with Gasteiger partial charge in [-0.05, 0) is 35.7 Å². The number of rotatable bonds is 7. The van der Waals surface area contributed by atoms with E-state index in [1.165, 1.54) is 10.4 Å². The molecule has 0 atom stereocenters. The van der Waals surface area contributed by atoms with Gasteiger partial charge in [-0.25, -0.2) is 4.98 Å². The maximum absolute atomic E-state index is 4.59. The van der Waals surface area contributed by atoms with Gasteiger partial charge in [0, 0.05) is 62.8 Å². The zero-order valence-corrected chi connectivity index (χ0v) is 21.7. The molecule has 0 aliphatic carbocycles. The SMILES string of the molecule is CCN1CCN(c2cc(CNC(=NC)NCC(C)(C)c3cccs3)ccn2)CC1.I. The van der Waals surface area contributed by atoms with Gasteiger partial charge in [-0.1, -0.05) is 26.8 Å². The zero-order chi connectivity index (χ0) is 20.7. The Morgan fingerprint density at radius 2 is 1.97 bits per heavy atom. The van der Waals surface area contributed by atoms with E-state index >= 15 is 0 Å². The third kappa shape index (κ3) is 6.81. The Balaban J connectivity index is 0.00000320. The monoisotopic (exact) mass is 542 g/mol. The summed E-state index contributed by atoms with van der Waals surface area (Å²) in [5, 5.41) is 9.04. The second-order valence-corrected chi connectivity index (χ2v) is 9.03. The van der Waals surface area contributed by atoms with Crippen molar-refractivity contribution in [2.45, 2.75) is 32.7 Å². The number of aliphatic imine (C=N–C) groups is 1. The summed E-state index contributed by atoms with van der Waals surface area (Å²) in [6.45, 7) is 13.7. The topological polar surface area (TPSA) is 55.8 Å².